The number of nitrogens with two attached hydrogens (primary N) is 1. The molecule has 6 heteroatoms. The van der Waals surface area contributed by atoms with Crippen molar-refractivity contribution in [1.82, 2.24) is 4.90 Å². The van der Waals surface area contributed by atoms with E-state index in [0.717, 1.165) is 18.4 Å². The summed E-state index contributed by atoms with van der Waals surface area (Å²) in [6.45, 7) is 1.08. The van der Waals surface area contributed by atoms with Gasteiger partial charge in [0.05, 0.1) is 26.6 Å². The zero-order valence-corrected chi connectivity index (χ0v) is 13.0. The van der Waals surface area contributed by atoms with Crippen LogP contribution in [0.3, 0.4) is 0 Å². The summed E-state index contributed by atoms with van der Waals surface area (Å²) in [6.07, 6.45) is 1.79. The van der Waals surface area contributed by atoms with Gasteiger partial charge < -0.3 is 20.1 Å². The SMILES string of the molecule is COc1ccc(CC(=O)N2CCC[C@H](C(N)=O)C2)c(OC)c1. The molecule has 0 saturated carbocycles. The third kappa shape index (κ3) is 3.69. The molecular formula is C16H22N2O4. The van der Waals surface area contributed by atoms with E-state index in [1.165, 1.54) is 0 Å². The van der Waals surface area contributed by atoms with E-state index < -0.39 is 0 Å². The van der Waals surface area contributed by atoms with Crippen molar-refractivity contribution in [1.29, 1.82) is 0 Å². The Morgan fingerprint density at radius 1 is 1.32 bits per heavy atom. The number of carbonyl (C=O) groups is 2. The molecule has 0 bridgehead atoms. The van der Waals surface area contributed by atoms with E-state index in [2.05, 4.69) is 0 Å². The molecular weight excluding hydrogens is 284 g/mol. The van der Waals surface area contributed by atoms with Gasteiger partial charge in [-0.05, 0) is 18.9 Å². The Kier molecular flexibility index (Phi) is 5.25. The third-order valence-electron chi connectivity index (χ3n) is 4.01. The van der Waals surface area contributed by atoms with Gasteiger partial charge in [-0.2, -0.15) is 0 Å². The first-order valence-corrected chi connectivity index (χ1v) is 7.33. The number of piperidine rings is 1. The molecule has 0 aromatic heterocycles. The monoisotopic (exact) mass is 306 g/mol. The average Bonchev–Trinajstić information content (AvgIpc) is 2.55. The molecule has 1 aromatic carbocycles. The maximum absolute atomic E-state index is 12.4. The summed E-state index contributed by atoms with van der Waals surface area (Å²) in [5, 5.41) is 0. The van der Waals surface area contributed by atoms with Crippen molar-refractivity contribution in [2.45, 2.75) is 19.3 Å². The number of amides is 2. The van der Waals surface area contributed by atoms with Gasteiger partial charge >= 0.3 is 0 Å². The van der Waals surface area contributed by atoms with Crippen molar-refractivity contribution in [2.75, 3.05) is 27.3 Å². The molecule has 1 aliphatic rings. The Hall–Kier alpha value is -2.24. The minimum atomic E-state index is -0.334. The van der Waals surface area contributed by atoms with Crippen molar-refractivity contribution in [3.05, 3.63) is 23.8 Å². The quantitative estimate of drug-likeness (QED) is 0.879. The molecule has 1 aromatic rings. The van der Waals surface area contributed by atoms with E-state index in [-0.39, 0.29) is 24.2 Å². The van der Waals surface area contributed by atoms with E-state index in [0.29, 0.717) is 24.6 Å². The molecule has 6 nitrogen and oxygen atoms in total. The first-order chi connectivity index (χ1) is 10.5. The van der Waals surface area contributed by atoms with E-state index >= 15 is 0 Å². The van der Waals surface area contributed by atoms with Crippen LogP contribution >= 0.6 is 0 Å². The fourth-order valence-electron chi connectivity index (χ4n) is 2.71. The number of benzene rings is 1. The predicted molar refractivity (Wildman–Crippen MR) is 81.7 cm³/mol. The van der Waals surface area contributed by atoms with E-state index in [1.54, 1.807) is 31.3 Å². The Morgan fingerprint density at radius 3 is 2.73 bits per heavy atom. The number of methoxy groups -OCH3 is 2. The van der Waals surface area contributed by atoms with Crippen LogP contribution < -0.4 is 15.2 Å². The summed E-state index contributed by atoms with van der Waals surface area (Å²) < 4.78 is 10.5. The highest BCUT2D eigenvalue weighted by molar-refractivity contribution is 5.82. The Morgan fingerprint density at radius 2 is 2.09 bits per heavy atom. The molecule has 2 amide bonds. The standard InChI is InChI=1S/C16H22N2O4/c1-21-13-6-5-11(14(9-13)22-2)8-15(19)18-7-3-4-12(10-18)16(17)20/h5-6,9,12H,3-4,7-8,10H2,1-2H3,(H2,17,20)/t12-/m0/s1. The van der Waals surface area contributed by atoms with E-state index in [4.69, 9.17) is 15.2 Å². The first kappa shape index (κ1) is 16.1. The molecule has 0 unspecified atom stereocenters. The second kappa shape index (κ2) is 7.15. The van der Waals surface area contributed by atoms with E-state index in [1.807, 2.05) is 6.07 Å². The molecule has 1 fully saturated rings. The minimum absolute atomic E-state index is 0.0191. The van der Waals surface area contributed by atoms with Crippen molar-refractivity contribution in [2.24, 2.45) is 11.7 Å². The molecule has 22 heavy (non-hydrogen) atoms. The van der Waals surface area contributed by atoms with Gasteiger partial charge in [0.15, 0.2) is 0 Å². The maximum atomic E-state index is 12.4. The summed E-state index contributed by atoms with van der Waals surface area (Å²) in [5.74, 6) is 0.709. The molecule has 0 radical (unpaired) electrons. The van der Waals surface area contributed by atoms with Crippen molar-refractivity contribution in [3.63, 3.8) is 0 Å². The van der Waals surface area contributed by atoms with Gasteiger partial charge in [-0.1, -0.05) is 6.07 Å². The minimum Gasteiger partial charge on any atom is -0.497 e. The Labute approximate surface area is 130 Å². The average molecular weight is 306 g/mol. The fourth-order valence-corrected chi connectivity index (χ4v) is 2.71. The number of hydrogen-bond donors (Lipinski definition) is 1. The zero-order chi connectivity index (χ0) is 16.1. The molecule has 1 atom stereocenters. The lowest BCUT2D eigenvalue weighted by Crippen LogP contribution is -2.44. The van der Waals surface area contributed by atoms with Crippen molar-refractivity contribution in [3.8, 4) is 11.5 Å². The topological polar surface area (TPSA) is 81.9 Å². The summed E-state index contributed by atoms with van der Waals surface area (Å²) in [6, 6.07) is 5.38. The summed E-state index contributed by atoms with van der Waals surface area (Å²) in [4.78, 5) is 25.5. The number of hydrogen-bond acceptors (Lipinski definition) is 4. The summed E-state index contributed by atoms with van der Waals surface area (Å²) in [7, 11) is 3.14. The number of nitrogens with zero attached hydrogens (tertiary/aromatic N) is 1. The summed E-state index contributed by atoms with van der Waals surface area (Å²) in [5.41, 5.74) is 6.15. The van der Waals surface area contributed by atoms with Crippen LogP contribution in [0.15, 0.2) is 18.2 Å². The van der Waals surface area contributed by atoms with Crippen LogP contribution in [0.4, 0.5) is 0 Å². The second-order valence-electron chi connectivity index (χ2n) is 5.44. The highest BCUT2D eigenvalue weighted by atomic mass is 16.5. The molecule has 120 valence electrons. The molecule has 1 saturated heterocycles. The normalized spacial score (nSPS) is 17.9. The van der Waals surface area contributed by atoms with Crippen molar-refractivity contribution >= 4 is 11.8 Å². The van der Waals surface area contributed by atoms with Crippen LogP contribution in [0.1, 0.15) is 18.4 Å². The van der Waals surface area contributed by atoms with Crippen LogP contribution in [0, 0.1) is 5.92 Å². The predicted octanol–water partition coefficient (Wildman–Crippen LogP) is 0.970. The van der Waals surface area contributed by atoms with E-state index in [9.17, 15) is 9.59 Å². The largest absolute Gasteiger partial charge is 0.497 e. The van der Waals surface area contributed by atoms with Gasteiger partial charge in [0.25, 0.3) is 0 Å². The van der Waals surface area contributed by atoms with Crippen molar-refractivity contribution < 1.29 is 19.1 Å². The highest BCUT2D eigenvalue weighted by Crippen LogP contribution is 2.26. The maximum Gasteiger partial charge on any atom is 0.227 e. The lowest BCUT2D eigenvalue weighted by molar-refractivity contribution is -0.134. The Balaban J connectivity index is 2.06. The molecule has 2 rings (SSSR count). The molecule has 1 heterocycles. The lowest BCUT2D eigenvalue weighted by Gasteiger charge is -2.31. The first-order valence-electron chi connectivity index (χ1n) is 7.33. The van der Waals surface area contributed by atoms with Crippen LogP contribution in [0.5, 0.6) is 11.5 Å². The molecule has 0 aliphatic carbocycles. The smallest absolute Gasteiger partial charge is 0.227 e. The van der Waals surface area contributed by atoms with Gasteiger partial charge in [0.1, 0.15) is 11.5 Å². The molecule has 2 N–H and O–H groups in total. The number of primary amides is 1. The molecule has 0 spiro atoms. The third-order valence-corrected chi connectivity index (χ3v) is 4.01. The van der Waals surface area contributed by atoms with Gasteiger partial charge in [-0.3, -0.25) is 9.59 Å². The molecule has 1 aliphatic heterocycles. The summed E-state index contributed by atoms with van der Waals surface area (Å²) >= 11 is 0. The Bertz CT molecular complexity index is 559. The van der Waals surface area contributed by atoms with Gasteiger partial charge in [0.2, 0.25) is 11.8 Å². The number of rotatable bonds is 5. The van der Waals surface area contributed by atoms with Gasteiger partial charge in [-0.15, -0.1) is 0 Å². The number of ether oxygens (including phenoxy) is 2. The number of carbonyl (C=O) groups excluding carboxylic acids is 2. The van der Waals surface area contributed by atoms with Crippen LogP contribution in [0.25, 0.3) is 0 Å². The highest BCUT2D eigenvalue weighted by Gasteiger charge is 2.27. The van der Waals surface area contributed by atoms with Crippen LogP contribution in [0.2, 0.25) is 0 Å². The van der Waals surface area contributed by atoms with Crippen LogP contribution in [-0.2, 0) is 16.0 Å². The number of likely N-dealkylation sites (tertiary alicyclic amines) is 1. The van der Waals surface area contributed by atoms with Gasteiger partial charge in [-0.25, -0.2) is 0 Å². The fraction of sp³-hybridized carbons (Fsp3) is 0.500. The zero-order valence-electron chi connectivity index (χ0n) is 13.0. The lowest BCUT2D eigenvalue weighted by atomic mass is 9.97. The van der Waals surface area contributed by atoms with Crippen LogP contribution in [-0.4, -0.2) is 44.0 Å². The van der Waals surface area contributed by atoms with Gasteiger partial charge in [0, 0.05) is 24.7 Å². The second-order valence-corrected chi connectivity index (χ2v) is 5.44.